The van der Waals surface area contributed by atoms with Gasteiger partial charge in [-0.3, -0.25) is 4.79 Å². The molecular formula is C24H29N3O2S3. The van der Waals surface area contributed by atoms with Crippen LogP contribution in [0.1, 0.15) is 43.2 Å². The van der Waals surface area contributed by atoms with Crippen LogP contribution in [0.2, 0.25) is 0 Å². The first-order valence-electron chi connectivity index (χ1n) is 10.8. The van der Waals surface area contributed by atoms with Crippen molar-refractivity contribution < 1.29 is 9.53 Å². The quantitative estimate of drug-likeness (QED) is 0.257. The molecule has 0 fully saturated rings. The summed E-state index contributed by atoms with van der Waals surface area (Å²) in [6.07, 6.45) is 4.69. The zero-order valence-electron chi connectivity index (χ0n) is 18.9. The van der Waals surface area contributed by atoms with Crippen molar-refractivity contribution in [2.45, 2.75) is 68.5 Å². The number of benzene rings is 1. The fourth-order valence-electron chi connectivity index (χ4n) is 3.84. The number of fused-ring (bicyclic) bond motifs is 3. The van der Waals surface area contributed by atoms with Gasteiger partial charge in [-0.2, -0.15) is 0 Å². The van der Waals surface area contributed by atoms with E-state index in [2.05, 4.69) is 50.4 Å². The molecule has 1 aromatic carbocycles. The summed E-state index contributed by atoms with van der Waals surface area (Å²) in [5.74, 6) is 0.390. The molecule has 1 atom stereocenters. The summed E-state index contributed by atoms with van der Waals surface area (Å²) in [5.41, 5.74) is 2.38. The van der Waals surface area contributed by atoms with E-state index in [0.717, 1.165) is 39.7 Å². The molecule has 32 heavy (non-hydrogen) atoms. The molecule has 0 spiro atoms. The maximum absolute atomic E-state index is 12.7. The summed E-state index contributed by atoms with van der Waals surface area (Å²) >= 11 is 4.73. The zero-order chi connectivity index (χ0) is 22.7. The van der Waals surface area contributed by atoms with Crippen LogP contribution < -0.4 is 5.32 Å². The molecule has 0 aliphatic carbocycles. The molecule has 3 heterocycles. The number of nitrogens with one attached hydrogen (secondary N) is 1. The van der Waals surface area contributed by atoms with Gasteiger partial charge in [-0.1, -0.05) is 53.9 Å². The van der Waals surface area contributed by atoms with Crippen LogP contribution in [-0.2, 0) is 29.0 Å². The molecule has 1 aliphatic heterocycles. The number of ether oxygens (including phenoxy) is 1. The van der Waals surface area contributed by atoms with Gasteiger partial charge in [0.15, 0.2) is 5.16 Å². The third kappa shape index (κ3) is 5.65. The summed E-state index contributed by atoms with van der Waals surface area (Å²) in [7, 11) is 0. The third-order valence-corrected chi connectivity index (χ3v) is 8.14. The highest BCUT2D eigenvalue weighted by atomic mass is 32.2. The van der Waals surface area contributed by atoms with Crippen LogP contribution in [0, 0.1) is 0 Å². The molecule has 170 valence electrons. The number of carbonyl (C=O) groups is 1. The smallest absolute Gasteiger partial charge is 0.230 e. The third-order valence-electron chi connectivity index (χ3n) is 5.52. The maximum Gasteiger partial charge on any atom is 0.230 e. The summed E-state index contributed by atoms with van der Waals surface area (Å²) in [5, 5.41) is 5.90. The number of nitrogens with zero attached hydrogens (tertiary/aromatic N) is 2. The van der Waals surface area contributed by atoms with E-state index < -0.39 is 0 Å². The van der Waals surface area contributed by atoms with E-state index in [1.54, 1.807) is 11.3 Å². The number of hydrogen-bond acceptors (Lipinski definition) is 7. The van der Waals surface area contributed by atoms with Gasteiger partial charge in [0.05, 0.1) is 18.0 Å². The van der Waals surface area contributed by atoms with Crippen LogP contribution in [0.4, 0.5) is 0 Å². The largest absolute Gasteiger partial charge is 0.370 e. The van der Waals surface area contributed by atoms with Gasteiger partial charge in [0.25, 0.3) is 0 Å². The highest BCUT2D eigenvalue weighted by molar-refractivity contribution is 8.00. The maximum atomic E-state index is 12.7. The van der Waals surface area contributed by atoms with Crippen LogP contribution in [0.15, 0.2) is 40.5 Å². The summed E-state index contributed by atoms with van der Waals surface area (Å²) in [6.45, 7) is 6.92. The molecule has 0 saturated carbocycles. The number of amides is 1. The Bertz CT molecular complexity index is 1100. The van der Waals surface area contributed by atoms with E-state index in [1.165, 1.54) is 39.5 Å². The molecule has 0 saturated heterocycles. The molecule has 1 amide bonds. The van der Waals surface area contributed by atoms with Crippen molar-refractivity contribution in [3.63, 3.8) is 0 Å². The van der Waals surface area contributed by atoms with Gasteiger partial charge in [0.1, 0.15) is 9.86 Å². The number of thiophene rings is 1. The van der Waals surface area contributed by atoms with Crippen molar-refractivity contribution in [2.75, 3.05) is 12.0 Å². The average Bonchev–Trinajstić information content (AvgIpc) is 3.13. The molecule has 1 aliphatic rings. The zero-order valence-corrected chi connectivity index (χ0v) is 21.4. The van der Waals surface area contributed by atoms with Crippen LogP contribution in [0.5, 0.6) is 0 Å². The number of rotatable bonds is 8. The molecule has 8 heteroatoms. The Morgan fingerprint density at radius 2 is 2.06 bits per heavy atom. The SMILES string of the molecule is CSc1nc(SCC(=O)N[C@@H](C)CCc2ccccc2)c2c3c(sc2n1)COC(C)(C)C3. The van der Waals surface area contributed by atoms with Crippen LogP contribution in [-0.4, -0.2) is 39.5 Å². The van der Waals surface area contributed by atoms with Gasteiger partial charge >= 0.3 is 0 Å². The second-order valence-corrected chi connectivity index (χ2v) is 11.5. The number of carbonyl (C=O) groups excluding carboxylic acids is 1. The summed E-state index contributed by atoms with van der Waals surface area (Å²) in [6, 6.07) is 10.5. The highest BCUT2D eigenvalue weighted by Gasteiger charge is 2.31. The molecule has 3 aromatic rings. The van der Waals surface area contributed by atoms with Gasteiger partial charge in [0.2, 0.25) is 5.91 Å². The first kappa shape index (κ1) is 23.5. The molecule has 0 unspecified atom stereocenters. The minimum absolute atomic E-state index is 0.0424. The molecule has 2 aromatic heterocycles. The molecular weight excluding hydrogens is 458 g/mol. The Morgan fingerprint density at radius 3 is 2.81 bits per heavy atom. The van der Waals surface area contributed by atoms with Crippen molar-refractivity contribution >= 4 is 51.0 Å². The monoisotopic (exact) mass is 487 g/mol. The van der Waals surface area contributed by atoms with E-state index >= 15 is 0 Å². The minimum Gasteiger partial charge on any atom is -0.370 e. The van der Waals surface area contributed by atoms with E-state index in [0.29, 0.717) is 12.4 Å². The summed E-state index contributed by atoms with van der Waals surface area (Å²) in [4.78, 5) is 24.4. The Labute approximate surface area is 202 Å². The second-order valence-electron chi connectivity index (χ2n) is 8.71. The van der Waals surface area contributed by atoms with Crippen LogP contribution in [0.3, 0.4) is 0 Å². The number of hydrogen-bond donors (Lipinski definition) is 1. The molecule has 1 N–H and O–H groups in total. The van der Waals surface area contributed by atoms with Crippen molar-refractivity contribution in [1.29, 1.82) is 0 Å². The second kappa shape index (κ2) is 10.1. The first-order valence-corrected chi connectivity index (χ1v) is 13.8. The number of thioether (sulfide) groups is 2. The van der Waals surface area contributed by atoms with E-state index in [1.807, 2.05) is 12.3 Å². The summed E-state index contributed by atoms with van der Waals surface area (Å²) < 4.78 is 6.00. The van der Waals surface area contributed by atoms with Crippen molar-refractivity contribution in [3.8, 4) is 0 Å². The normalized spacial score (nSPS) is 16.0. The van der Waals surface area contributed by atoms with Gasteiger partial charge < -0.3 is 10.1 Å². The first-order chi connectivity index (χ1) is 15.3. The predicted octanol–water partition coefficient (Wildman–Crippen LogP) is 5.49. The standard InChI is InChI=1S/C24H29N3O2S3/c1-15(10-11-16-8-6-5-7-9-16)25-19(28)14-31-21-20-17-12-24(2,3)29-13-18(17)32-22(20)27-23(26-21)30-4/h5-9,15H,10-14H2,1-4H3,(H,25,28)/t15-/m0/s1. The molecule has 5 nitrogen and oxygen atoms in total. The van der Waals surface area contributed by atoms with E-state index in [-0.39, 0.29) is 17.6 Å². The van der Waals surface area contributed by atoms with Gasteiger partial charge in [0, 0.05) is 22.7 Å². The van der Waals surface area contributed by atoms with Gasteiger partial charge in [-0.05, 0) is 51.0 Å². The number of aryl methyl sites for hydroxylation is 1. The van der Waals surface area contributed by atoms with Crippen molar-refractivity contribution in [2.24, 2.45) is 0 Å². The molecule has 0 bridgehead atoms. The Kier molecular flexibility index (Phi) is 7.44. The lowest BCUT2D eigenvalue weighted by Gasteiger charge is -2.30. The van der Waals surface area contributed by atoms with Crippen LogP contribution in [0.25, 0.3) is 10.2 Å². The van der Waals surface area contributed by atoms with E-state index in [9.17, 15) is 4.79 Å². The van der Waals surface area contributed by atoms with Gasteiger partial charge in [-0.15, -0.1) is 11.3 Å². The van der Waals surface area contributed by atoms with Gasteiger partial charge in [-0.25, -0.2) is 9.97 Å². The molecule has 0 radical (unpaired) electrons. The Balaban J connectivity index is 1.44. The molecule has 4 rings (SSSR count). The lowest BCUT2D eigenvalue weighted by Crippen LogP contribution is -2.34. The lowest BCUT2D eigenvalue weighted by molar-refractivity contribution is -0.119. The Hall–Kier alpha value is -1.61. The lowest BCUT2D eigenvalue weighted by atomic mass is 9.95. The fourth-order valence-corrected chi connectivity index (χ4v) is 6.35. The topological polar surface area (TPSA) is 64.1 Å². The predicted molar refractivity (Wildman–Crippen MR) is 135 cm³/mol. The van der Waals surface area contributed by atoms with Crippen molar-refractivity contribution in [1.82, 2.24) is 15.3 Å². The van der Waals surface area contributed by atoms with Crippen LogP contribution >= 0.6 is 34.9 Å². The fraction of sp³-hybridized carbons (Fsp3) is 0.458. The minimum atomic E-state index is -0.202. The van der Waals surface area contributed by atoms with Crippen molar-refractivity contribution in [3.05, 3.63) is 46.3 Å². The Morgan fingerprint density at radius 1 is 1.28 bits per heavy atom. The average molecular weight is 488 g/mol. The highest BCUT2D eigenvalue weighted by Crippen LogP contribution is 2.42. The van der Waals surface area contributed by atoms with E-state index in [4.69, 9.17) is 14.7 Å². The number of aromatic nitrogens is 2.